The molecule has 2 aliphatic rings. The van der Waals surface area contributed by atoms with Crippen LogP contribution in [0.3, 0.4) is 0 Å². The highest BCUT2D eigenvalue weighted by Crippen LogP contribution is 2.23. The molecule has 2 aliphatic heterocycles. The van der Waals surface area contributed by atoms with E-state index in [4.69, 9.17) is 4.74 Å². The number of hydrogen-bond donors (Lipinski definition) is 1. The van der Waals surface area contributed by atoms with E-state index in [0.717, 1.165) is 37.7 Å². The average Bonchev–Trinajstić information content (AvgIpc) is 2.47. The van der Waals surface area contributed by atoms with E-state index in [1.165, 1.54) is 17.3 Å². The molecule has 19 heavy (non-hydrogen) atoms. The molecule has 2 fully saturated rings. The van der Waals surface area contributed by atoms with Crippen molar-refractivity contribution in [1.29, 1.82) is 0 Å². The molecule has 2 heterocycles. The first-order valence-electron chi connectivity index (χ1n) is 7.14. The van der Waals surface area contributed by atoms with Crippen LogP contribution < -0.4 is 5.32 Å². The fourth-order valence-electron chi connectivity index (χ4n) is 2.43. The zero-order valence-electron chi connectivity index (χ0n) is 11.6. The second kappa shape index (κ2) is 8.27. The monoisotopic (exact) mass is 304 g/mol. The maximum atomic E-state index is 11.6. The van der Waals surface area contributed by atoms with Gasteiger partial charge in [0.2, 0.25) is 0 Å². The molecular formula is C13H24N2O2S2. The van der Waals surface area contributed by atoms with Crippen molar-refractivity contribution in [3.63, 3.8) is 0 Å². The summed E-state index contributed by atoms with van der Waals surface area (Å²) in [5.74, 6) is 3.87. The van der Waals surface area contributed by atoms with Crippen LogP contribution in [0.15, 0.2) is 0 Å². The maximum absolute atomic E-state index is 11.6. The molecule has 110 valence electrons. The second-order valence-electron chi connectivity index (χ2n) is 4.94. The summed E-state index contributed by atoms with van der Waals surface area (Å²) in [6.45, 7) is 5.08. The number of nitrogens with one attached hydrogen (secondary N) is 1. The van der Waals surface area contributed by atoms with Crippen molar-refractivity contribution in [2.24, 2.45) is 0 Å². The number of rotatable bonds is 4. The van der Waals surface area contributed by atoms with Gasteiger partial charge in [-0.05, 0) is 19.8 Å². The van der Waals surface area contributed by atoms with Gasteiger partial charge in [-0.25, -0.2) is 4.79 Å². The van der Waals surface area contributed by atoms with Gasteiger partial charge in [0.25, 0.3) is 0 Å². The van der Waals surface area contributed by atoms with E-state index in [1.54, 1.807) is 0 Å². The molecule has 0 aromatic heterocycles. The van der Waals surface area contributed by atoms with Crippen LogP contribution in [0.5, 0.6) is 0 Å². The number of likely N-dealkylation sites (tertiary alicyclic amines) is 1. The van der Waals surface area contributed by atoms with E-state index in [1.807, 2.05) is 11.8 Å². The molecule has 0 saturated carbocycles. The molecule has 0 aromatic carbocycles. The van der Waals surface area contributed by atoms with Crippen LogP contribution >= 0.6 is 23.5 Å². The molecule has 0 aliphatic carbocycles. The van der Waals surface area contributed by atoms with Gasteiger partial charge in [0.15, 0.2) is 0 Å². The maximum Gasteiger partial charge on any atom is 0.409 e. The predicted molar refractivity (Wildman–Crippen MR) is 83.2 cm³/mol. The molecule has 2 saturated heterocycles. The van der Waals surface area contributed by atoms with Crippen LogP contribution in [-0.4, -0.2) is 65.8 Å². The summed E-state index contributed by atoms with van der Waals surface area (Å²) in [5.41, 5.74) is 0. The fourth-order valence-corrected chi connectivity index (χ4v) is 5.06. The minimum atomic E-state index is -0.153. The van der Waals surface area contributed by atoms with E-state index < -0.39 is 0 Å². The summed E-state index contributed by atoms with van der Waals surface area (Å²) in [4.78, 5) is 13.4. The Morgan fingerprint density at radius 1 is 1.37 bits per heavy atom. The Labute approximate surface area is 124 Å². The first kappa shape index (κ1) is 15.3. The summed E-state index contributed by atoms with van der Waals surface area (Å²) >= 11 is 4.17. The highest BCUT2D eigenvalue weighted by Gasteiger charge is 2.24. The van der Waals surface area contributed by atoms with Gasteiger partial charge in [-0.2, -0.15) is 23.5 Å². The molecular weight excluding hydrogens is 280 g/mol. The van der Waals surface area contributed by atoms with E-state index in [0.29, 0.717) is 12.6 Å². The largest absolute Gasteiger partial charge is 0.450 e. The molecule has 1 atom stereocenters. The standard InChI is InChI=1S/C13H24N2O2S2/c1-2-17-13(16)15-5-3-11(4-6-15)14-9-12-10-18-7-8-19-12/h11-12,14H,2-10H2,1H3. The van der Waals surface area contributed by atoms with Gasteiger partial charge in [-0.3, -0.25) is 0 Å². The van der Waals surface area contributed by atoms with Gasteiger partial charge in [-0.15, -0.1) is 0 Å². The Morgan fingerprint density at radius 3 is 2.79 bits per heavy atom. The summed E-state index contributed by atoms with van der Waals surface area (Å²) in [7, 11) is 0. The number of ether oxygens (including phenoxy) is 1. The average molecular weight is 304 g/mol. The number of piperidine rings is 1. The molecule has 0 bridgehead atoms. The summed E-state index contributed by atoms with van der Waals surface area (Å²) in [6.07, 6.45) is 1.94. The molecule has 4 nitrogen and oxygen atoms in total. The lowest BCUT2D eigenvalue weighted by molar-refractivity contribution is 0.0952. The first-order chi connectivity index (χ1) is 9.29. The normalized spacial score (nSPS) is 25.3. The first-order valence-corrected chi connectivity index (χ1v) is 9.34. The number of carbonyl (C=O) groups excluding carboxylic acids is 1. The smallest absolute Gasteiger partial charge is 0.409 e. The van der Waals surface area contributed by atoms with Gasteiger partial charge in [0.1, 0.15) is 0 Å². The lowest BCUT2D eigenvalue weighted by Crippen LogP contribution is -2.46. The van der Waals surface area contributed by atoms with Gasteiger partial charge in [0.05, 0.1) is 6.61 Å². The number of carbonyl (C=O) groups is 1. The second-order valence-corrected chi connectivity index (χ2v) is 7.49. The van der Waals surface area contributed by atoms with Crippen molar-refractivity contribution in [1.82, 2.24) is 10.2 Å². The third kappa shape index (κ3) is 5.08. The quantitative estimate of drug-likeness (QED) is 0.861. The lowest BCUT2D eigenvalue weighted by atomic mass is 10.1. The van der Waals surface area contributed by atoms with Crippen molar-refractivity contribution in [3.05, 3.63) is 0 Å². The number of amides is 1. The van der Waals surface area contributed by atoms with Crippen molar-refractivity contribution in [2.45, 2.75) is 31.1 Å². The Bertz CT molecular complexity index is 278. The van der Waals surface area contributed by atoms with Crippen LogP contribution in [0, 0.1) is 0 Å². The highest BCUT2D eigenvalue weighted by atomic mass is 32.2. The lowest BCUT2D eigenvalue weighted by Gasteiger charge is -2.33. The SMILES string of the molecule is CCOC(=O)N1CCC(NCC2CSCCS2)CC1. The van der Waals surface area contributed by atoms with Crippen molar-refractivity contribution >= 4 is 29.6 Å². The topological polar surface area (TPSA) is 41.6 Å². The predicted octanol–water partition coefficient (Wildman–Crippen LogP) is 2.05. The Morgan fingerprint density at radius 2 is 2.16 bits per heavy atom. The van der Waals surface area contributed by atoms with E-state index in [-0.39, 0.29) is 6.09 Å². The van der Waals surface area contributed by atoms with Crippen molar-refractivity contribution in [3.8, 4) is 0 Å². The summed E-state index contributed by atoms with van der Waals surface area (Å²) in [5, 5.41) is 4.44. The zero-order chi connectivity index (χ0) is 13.5. The Balaban J connectivity index is 1.61. The Hall–Kier alpha value is -0.0700. The molecule has 0 aromatic rings. The van der Waals surface area contributed by atoms with Crippen LogP contribution in [0.1, 0.15) is 19.8 Å². The molecule has 6 heteroatoms. The van der Waals surface area contributed by atoms with Crippen molar-refractivity contribution in [2.75, 3.05) is 43.5 Å². The van der Waals surface area contributed by atoms with Crippen LogP contribution in [0.4, 0.5) is 4.79 Å². The van der Waals surface area contributed by atoms with Gasteiger partial charge < -0.3 is 15.0 Å². The zero-order valence-corrected chi connectivity index (χ0v) is 13.2. The van der Waals surface area contributed by atoms with Gasteiger partial charge >= 0.3 is 6.09 Å². The number of hydrogen-bond acceptors (Lipinski definition) is 5. The minimum absolute atomic E-state index is 0.153. The molecule has 1 unspecified atom stereocenters. The highest BCUT2D eigenvalue weighted by molar-refractivity contribution is 8.06. The van der Waals surface area contributed by atoms with Gasteiger partial charge in [-0.1, -0.05) is 0 Å². The third-order valence-electron chi connectivity index (χ3n) is 3.54. The van der Waals surface area contributed by atoms with Crippen LogP contribution in [-0.2, 0) is 4.74 Å². The third-order valence-corrected chi connectivity index (χ3v) is 6.38. The van der Waals surface area contributed by atoms with Crippen LogP contribution in [0.25, 0.3) is 0 Å². The fraction of sp³-hybridized carbons (Fsp3) is 0.923. The molecule has 0 radical (unpaired) electrons. The van der Waals surface area contributed by atoms with Crippen LogP contribution in [0.2, 0.25) is 0 Å². The van der Waals surface area contributed by atoms with E-state index in [2.05, 4.69) is 28.8 Å². The number of thioether (sulfide) groups is 2. The summed E-state index contributed by atoms with van der Waals surface area (Å²) in [6, 6.07) is 0.568. The molecule has 0 spiro atoms. The molecule has 2 rings (SSSR count). The van der Waals surface area contributed by atoms with E-state index >= 15 is 0 Å². The Kier molecular flexibility index (Phi) is 6.67. The minimum Gasteiger partial charge on any atom is -0.450 e. The van der Waals surface area contributed by atoms with E-state index in [9.17, 15) is 4.79 Å². The molecule has 1 amide bonds. The van der Waals surface area contributed by atoms with Crippen molar-refractivity contribution < 1.29 is 9.53 Å². The summed E-state index contributed by atoms with van der Waals surface area (Å²) < 4.78 is 5.03. The number of nitrogens with zero attached hydrogens (tertiary/aromatic N) is 1. The van der Waals surface area contributed by atoms with Gasteiger partial charge in [0, 0.05) is 48.2 Å². The molecule has 1 N–H and O–H groups in total.